The van der Waals surface area contributed by atoms with Gasteiger partial charge in [-0.3, -0.25) is 0 Å². The second-order valence-electron chi connectivity index (χ2n) is 4.68. The minimum atomic E-state index is -0.422. The molecule has 2 fully saturated rings. The van der Waals surface area contributed by atoms with Crippen LogP contribution in [0.2, 0.25) is 0 Å². The summed E-state index contributed by atoms with van der Waals surface area (Å²) in [5, 5.41) is 10.4. The van der Waals surface area contributed by atoms with Gasteiger partial charge in [-0.1, -0.05) is 0 Å². The Morgan fingerprint density at radius 1 is 1.33 bits per heavy atom. The fraction of sp³-hybridized carbons (Fsp3) is 1.00. The molecule has 15 heavy (non-hydrogen) atoms. The Morgan fingerprint density at radius 3 is 2.60 bits per heavy atom. The molecule has 2 rings (SSSR count). The van der Waals surface area contributed by atoms with Gasteiger partial charge in [0.2, 0.25) is 0 Å². The van der Waals surface area contributed by atoms with E-state index in [0.717, 1.165) is 32.3 Å². The molecule has 0 aromatic carbocycles. The number of aliphatic hydroxyl groups excluding tert-OH is 1. The lowest BCUT2D eigenvalue weighted by molar-refractivity contribution is -0.110. The van der Waals surface area contributed by atoms with Crippen molar-refractivity contribution in [3.8, 4) is 0 Å². The van der Waals surface area contributed by atoms with Crippen LogP contribution in [0.15, 0.2) is 0 Å². The highest BCUT2D eigenvalue weighted by Crippen LogP contribution is 2.37. The van der Waals surface area contributed by atoms with E-state index in [1.807, 2.05) is 0 Å². The third kappa shape index (κ3) is 2.18. The lowest BCUT2D eigenvalue weighted by Gasteiger charge is -2.42. The first kappa shape index (κ1) is 11.3. The second-order valence-corrected chi connectivity index (χ2v) is 4.68. The highest BCUT2D eigenvalue weighted by atomic mass is 16.5. The van der Waals surface area contributed by atoms with Gasteiger partial charge in [-0.2, -0.15) is 0 Å². The van der Waals surface area contributed by atoms with E-state index < -0.39 is 6.10 Å². The van der Waals surface area contributed by atoms with Crippen molar-refractivity contribution in [2.45, 2.75) is 37.9 Å². The summed E-state index contributed by atoms with van der Waals surface area (Å²) >= 11 is 0. The van der Waals surface area contributed by atoms with Crippen LogP contribution in [0.5, 0.6) is 0 Å². The summed E-state index contributed by atoms with van der Waals surface area (Å²) in [7, 11) is 0. The van der Waals surface area contributed by atoms with Crippen LogP contribution < -0.4 is 5.73 Å². The van der Waals surface area contributed by atoms with Crippen molar-refractivity contribution in [2.24, 2.45) is 11.1 Å². The van der Waals surface area contributed by atoms with Gasteiger partial charge in [0.15, 0.2) is 0 Å². The molecule has 0 aromatic heterocycles. The maximum absolute atomic E-state index is 10.4. The number of hydrogen-bond donors (Lipinski definition) is 2. The van der Waals surface area contributed by atoms with E-state index in [1.165, 1.54) is 0 Å². The van der Waals surface area contributed by atoms with E-state index in [9.17, 15) is 5.11 Å². The maximum atomic E-state index is 10.4. The second kappa shape index (κ2) is 4.78. The summed E-state index contributed by atoms with van der Waals surface area (Å²) in [6.45, 7) is 2.72. The zero-order valence-electron chi connectivity index (χ0n) is 9.15. The predicted octanol–water partition coefficient (Wildman–Crippen LogP) is 0.282. The number of nitrogens with two attached hydrogens (primary N) is 1. The van der Waals surface area contributed by atoms with Gasteiger partial charge in [0.1, 0.15) is 0 Å². The van der Waals surface area contributed by atoms with Crippen molar-refractivity contribution in [2.75, 3.05) is 26.4 Å². The molecule has 0 aromatic rings. The van der Waals surface area contributed by atoms with Gasteiger partial charge in [0.05, 0.1) is 12.2 Å². The highest BCUT2D eigenvalue weighted by molar-refractivity contribution is 4.94. The first-order valence-corrected chi connectivity index (χ1v) is 5.86. The highest BCUT2D eigenvalue weighted by Gasteiger charge is 2.43. The molecule has 2 aliphatic rings. The summed E-state index contributed by atoms with van der Waals surface area (Å²) in [4.78, 5) is 0. The normalized spacial score (nSPS) is 32.8. The molecule has 2 saturated heterocycles. The average Bonchev–Trinajstić information content (AvgIpc) is 2.82. The van der Waals surface area contributed by atoms with Crippen LogP contribution in [0.3, 0.4) is 0 Å². The van der Waals surface area contributed by atoms with Crippen LogP contribution in [-0.2, 0) is 9.47 Å². The number of ether oxygens (including phenoxy) is 2. The van der Waals surface area contributed by atoms with Crippen LogP contribution in [-0.4, -0.2) is 43.7 Å². The smallest absolute Gasteiger partial charge is 0.0871 e. The van der Waals surface area contributed by atoms with Gasteiger partial charge in [0.25, 0.3) is 0 Å². The Kier molecular flexibility index (Phi) is 3.61. The molecular formula is C11H21NO3. The lowest BCUT2D eigenvalue weighted by atomic mass is 9.73. The number of rotatable bonds is 3. The Labute approximate surface area is 90.7 Å². The third-order valence-corrected chi connectivity index (χ3v) is 3.84. The molecule has 2 atom stereocenters. The van der Waals surface area contributed by atoms with E-state index >= 15 is 0 Å². The average molecular weight is 215 g/mol. The number of hydrogen-bond acceptors (Lipinski definition) is 4. The van der Waals surface area contributed by atoms with Gasteiger partial charge in [0, 0.05) is 31.8 Å². The molecule has 0 aliphatic carbocycles. The van der Waals surface area contributed by atoms with Crippen molar-refractivity contribution < 1.29 is 14.6 Å². The maximum Gasteiger partial charge on any atom is 0.0871 e. The van der Waals surface area contributed by atoms with E-state index in [2.05, 4.69) is 0 Å². The molecule has 88 valence electrons. The minimum absolute atomic E-state index is 0.00773. The van der Waals surface area contributed by atoms with Crippen LogP contribution in [0.1, 0.15) is 25.7 Å². The fourth-order valence-corrected chi connectivity index (χ4v) is 2.64. The van der Waals surface area contributed by atoms with E-state index in [-0.39, 0.29) is 11.5 Å². The fourth-order valence-electron chi connectivity index (χ4n) is 2.64. The Hall–Kier alpha value is -0.160. The third-order valence-electron chi connectivity index (χ3n) is 3.84. The van der Waals surface area contributed by atoms with Crippen molar-refractivity contribution >= 4 is 0 Å². The van der Waals surface area contributed by atoms with Gasteiger partial charge in [-0.25, -0.2) is 0 Å². The van der Waals surface area contributed by atoms with E-state index in [1.54, 1.807) is 0 Å². The van der Waals surface area contributed by atoms with Crippen LogP contribution >= 0.6 is 0 Å². The zero-order valence-corrected chi connectivity index (χ0v) is 9.15. The molecule has 2 heterocycles. The van der Waals surface area contributed by atoms with Crippen molar-refractivity contribution in [1.29, 1.82) is 0 Å². The first-order chi connectivity index (χ1) is 7.28. The Morgan fingerprint density at radius 2 is 2.07 bits per heavy atom. The standard InChI is InChI=1S/C11H21NO3/c12-8-11(3-6-14-7-4-11)10(13)9-2-1-5-15-9/h9-10,13H,1-8,12H2/t9-,10+/m0/s1. The molecule has 4 heteroatoms. The van der Waals surface area contributed by atoms with E-state index in [0.29, 0.717) is 19.8 Å². The molecule has 0 saturated carbocycles. The monoisotopic (exact) mass is 215 g/mol. The molecule has 0 radical (unpaired) electrons. The SMILES string of the molecule is NCC1([C@H](O)[C@@H]2CCCO2)CCOCC1. The quantitative estimate of drug-likeness (QED) is 0.710. The number of aliphatic hydroxyl groups is 1. The summed E-state index contributed by atoms with van der Waals surface area (Å²) in [6.07, 6.45) is 3.29. The molecule has 0 spiro atoms. The summed E-state index contributed by atoms with van der Waals surface area (Å²) in [5.41, 5.74) is 5.66. The molecule has 0 bridgehead atoms. The van der Waals surface area contributed by atoms with Gasteiger partial charge >= 0.3 is 0 Å². The Balaban J connectivity index is 2.02. The first-order valence-electron chi connectivity index (χ1n) is 5.86. The van der Waals surface area contributed by atoms with Crippen molar-refractivity contribution in [1.82, 2.24) is 0 Å². The summed E-state index contributed by atoms with van der Waals surface area (Å²) in [6, 6.07) is 0. The van der Waals surface area contributed by atoms with Crippen molar-refractivity contribution in [3.05, 3.63) is 0 Å². The van der Waals surface area contributed by atoms with Crippen LogP contribution in [0.4, 0.5) is 0 Å². The molecule has 4 nitrogen and oxygen atoms in total. The molecule has 0 amide bonds. The zero-order chi connectivity index (χ0) is 10.7. The lowest BCUT2D eigenvalue weighted by Crippen LogP contribution is -2.50. The predicted molar refractivity (Wildman–Crippen MR) is 56.5 cm³/mol. The van der Waals surface area contributed by atoms with E-state index in [4.69, 9.17) is 15.2 Å². The Bertz CT molecular complexity index is 198. The van der Waals surface area contributed by atoms with Gasteiger partial charge in [-0.05, 0) is 25.7 Å². The molecular weight excluding hydrogens is 194 g/mol. The molecule has 3 N–H and O–H groups in total. The topological polar surface area (TPSA) is 64.7 Å². The minimum Gasteiger partial charge on any atom is -0.390 e. The molecule has 2 aliphatic heterocycles. The van der Waals surface area contributed by atoms with Gasteiger partial charge < -0.3 is 20.3 Å². The largest absolute Gasteiger partial charge is 0.390 e. The molecule has 0 unspecified atom stereocenters. The van der Waals surface area contributed by atoms with Gasteiger partial charge in [-0.15, -0.1) is 0 Å². The van der Waals surface area contributed by atoms with Crippen molar-refractivity contribution in [3.63, 3.8) is 0 Å². The van der Waals surface area contributed by atoms with Crippen LogP contribution in [0.25, 0.3) is 0 Å². The summed E-state index contributed by atoms with van der Waals surface area (Å²) in [5.74, 6) is 0. The van der Waals surface area contributed by atoms with Crippen LogP contribution in [0, 0.1) is 5.41 Å². The summed E-state index contributed by atoms with van der Waals surface area (Å²) < 4.78 is 10.9.